The summed E-state index contributed by atoms with van der Waals surface area (Å²) >= 11 is 0. The number of nitrogens with one attached hydrogen (secondary N) is 1. The number of morpholine rings is 1. The van der Waals surface area contributed by atoms with Crippen molar-refractivity contribution in [3.05, 3.63) is 60.4 Å². The Kier molecular flexibility index (Phi) is 4.74. The average Bonchev–Trinajstić information content (AvgIpc) is 2.69. The molecule has 5 heteroatoms. The summed E-state index contributed by atoms with van der Waals surface area (Å²) in [6, 6.07) is 16.4. The molecule has 1 fully saturated rings. The Morgan fingerprint density at radius 3 is 2.72 bits per heavy atom. The number of hydrogen-bond acceptors (Lipinski definition) is 5. The first-order chi connectivity index (χ1) is 12.4. The molecule has 3 aromatic rings. The van der Waals surface area contributed by atoms with Crippen molar-refractivity contribution in [3.63, 3.8) is 0 Å². The Labute approximate surface area is 147 Å². The predicted molar refractivity (Wildman–Crippen MR) is 101 cm³/mol. The molecule has 0 saturated carbocycles. The molecule has 1 aromatic carbocycles. The lowest BCUT2D eigenvalue weighted by Gasteiger charge is -2.29. The number of fused-ring (bicyclic) bond motifs is 1. The lowest BCUT2D eigenvalue weighted by molar-refractivity contribution is 0.122. The number of rotatable bonds is 5. The second kappa shape index (κ2) is 7.49. The van der Waals surface area contributed by atoms with Gasteiger partial charge >= 0.3 is 0 Å². The van der Waals surface area contributed by atoms with E-state index in [4.69, 9.17) is 9.72 Å². The van der Waals surface area contributed by atoms with Crippen molar-refractivity contribution in [1.82, 2.24) is 9.97 Å². The second-order valence-corrected chi connectivity index (χ2v) is 6.15. The van der Waals surface area contributed by atoms with Gasteiger partial charge in [0.2, 0.25) is 0 Å². The van der Waals surface area contributed by atoms with Gasteiger partial charge in [-0.05, 0) is 30.3 Å². The number of benzene rings is 1. The predicted octanol–water partition coefficient (Wildman–Crippen LogP) is 3.12. The van der Waals surface area contributed by atoms with Gasteiger partial charge in [-0.2, -0.15) is 0 Å². The monoisotopic (exact) mass is 334 g/mol. The van der Waals surface area contributed by atoms with Crippen LogP contribution in [-0.2, 0) is 11.2 Å². The van der Waals surface area contributed by atoms with E-state index >= 15 is 0 Å². The van der Waals surface area contributed by atoms with E-state index in [2.05, 4.69) is 39.5 Å². The van der Waals surface area contributed by atoms with E-state index in [9.17, 15) is 0 Å². The number of nitrogens with zero attached hydrogens (tertiary/aromatic N) is 3. The standard InChI is InChI=1S/C20H22N4O/c1-2-5-16(6-3-1)21-10-8-17-15-19-18(7-4-9-22-19)20(23-17)24-11-13-25-14-12-24/h1-7,9,15,21H,8,10-14H2. The molecule has 128 valence electrons. The highest BCUT2D eigenvalue weighted by Gasteiger charge is 2.16. The first kappa shape index (κ1) is 15.8. The highest BCUT2D eigenvalue weighted by Crippen LogP contribution is 2.25. The summed E-state index contributed by atoms with van der Waals surface area (Å²) < 4.78 is 5.48. The summed E-state index contributed by atoms with van der Waals surface area (Å²) in [7, 11) is 0. The van der Waals surface area contributed by atoms with Crippen molar-refractivity contribution in [2.24, 2.45) is 0 Å². The molecule has 2 aromatic heterocycles. The zero-order chi connectivity index (χ0) is 16.9. The molecule has 0 bridgehead atoms. The second-order valence-electron chi connectivity index (χ2n) is 6.15. The maximum Gasteiger partial charge on any atom is 0.138 e. The van der Waals surface area contributed by atoms with Crippen LogP contribution < -0.4 is 10.2 Å². The maximum atomic E-state index is 5.48. The molecule has 0 amide bonds. The van der Waals surface area contributed by atoms with E-state index < -0.39 is 0 Å². The van der Waals surface area contributed by atoms with E-state index in [0.717, 1.165) is 67.4 Å². The van der Waals surface area contributed by atoms with Crippen LogP contribution in [0.25, 0.3) is 10.9 Å². The van der Waals surface area contributed by atoms with Crippen molar-refractivity contribution in [2.75, 3.05) is 43.1 Å². The lowest BCUT2D eigenvalue weighted by Crippen LogP contribution is -2.37. The minimum absolute atomic E-state index is 0.753. The molecular weight excluding hydrogens is 312 g/mol. The Morgan fingerprint density at radius 1 is 1.04 bits per heavy atom. The summed E-state index contributed by atoms with van der Waals surface area (Å²) in [4.78, 5) is 11.8. The highest BCUT2D eigenvalue weighted by molar-refractivity contribution is 5.89. The van der Waals surface area contributed by atoms with Gasteiger partial charge in [-0.15, -0.1) is 0 Å². The van der Waals surface area contributed by atoms with Crippen molar-refractivity contribution >= 4 is 22.4 Å². The first-order valence-electron chi connectivity index (χ1n) is 8.76. The van der Waals surface area contributed by atoms with E-state index in [1.807, 2.05) is 30.5 Å². The van der Waals surface area contributed by atoms with Crippen LogP contribution in [0, 0.1) is 0 Å². The summed E-state index contributed by atoms with van der Waals surface area (Å²) in [6.45, 7) is 4.11. The van der Waals surface area contributed by atoms with Gasteiger partial charge in [0, 0.05) is 49.0 Å². The fourth-order valence-corrected chi connectivity index (χ4v) is 3.14. The number of para-hydroxylation sites is 1. The number of anilines is 2. The minimum atomic E-state index is 0.753. The molecule has 4 rings (SSSR count). The molecule has 5 nitrogen and oxygen atoms in total. The van der Waals surface area contributed by atoms with Crippen LogP contribution in [0.2, 0.25) is 0 Å². The molecule has 3 heterocycles. The van der Waals surface area contributed by atoms with E-state index in [0.29, 0.717) is 0 Å². The highest BCUT2D eigenvalue weighted by atomic mass is 16.5. The maximum absolute atomic E-state index is 5.48. The normalized spacial score (nSPS) is 14.6. The fraction of sp³-hybridized carbons (Fsp3) is 0.300. The van der Waals surface area contributed by atoms with Crippen molar-refractivity contribution < 1.29 is 4.74 Å². The van der Waals surface area contributed by atoms with Crippen LogP contribution in [-0.4, -0.2) is 42.8 Å². The molecule has 0 radical (unpaired) electrons. The topological polar surface area (TPSA) is 50.3 Å². The van der Waals surface area contributed by atoms with Gasteiger partial charge in [-0.25, -0.2) is 4.98 Å². The summed E-state index contributed by atoms with van der Waals surface area (Å²) in [6.07, 6.45) is 2.70. The van der Waals surface area contributed by atoms with Crippen molar-refractivity contribution in [3.8, 4) is 0 Å². The van der Waals surface area contributed by atoms with E-state index in [-0.39, 0.29) is 0 Å². The van der Waals surface area contributed by atoms with Gasteiger partial charge in [-0.1, -0.05) is 18.2 Å². The van der Waals surface area contributed by atoms with Gasteiger partial charge in [0.15, 0.2) is 0 Å². The number of ether oxygens (including phenoxy) is 1. The third-order valence-corrected chi connectivity index (χ3v) is 4.43. The molecule has 0 unspecified atom stereocenters. The molecule has 0 spiro atoms. The number of aromatic nitrogens is 2. The van der Waals surface area contributed by atoms with Gasteiger partial charge in [0.25, 0.3) is 0 Å². The van der Waals surface area contributed by atoms with Crippen LogP contribution in [0.4, 0.5) is 11.5 Å². The third-order valence-electron chi connectivity index (χ3n) is 4.43. The van der Waals surface area contributed by atoms with Crippen LogP contribution in [0.15, 0.2) is 54.7 Å². The van der Waals surface area contributed by atoms with Gasteiger partial charge in [-0.3, -0.25) is 4.98 Å². The molecule has 1 N–H and O–H groups in total. The number of pyridine rings is 2. The fourth-order valence-electron chi connectivity index (χ4n) is 3.14. The summed E-state index contributed by atoms with van der Waals surface area (Å²) in [5.74, 6) is 1.03. The Bertz CT molecular complexity index is 831. The van der Waals surface area contributed by atoms with E-state index in [1.165, 1.54) is 0 Å². The lowest BCUT2D eigenvalue weighted by atomic mass is 10.1. The van der Waals surface area contributed by atoms with E-state index in [1.54, 1.807) is 0 Å². The van der Waals surface area contributed by atoms with Crippen LogP contribution in [0.3, 0.4) is 0 Å². The molecule has 0 aliphatic carbocycles. The average molecular weight is 334 g/mol. The minimum Gasteiger partial charge on any atom is -0.385 e. The summed E-state index contributed by atoms with van der Waals surface area (Å²) in [5.41, 5.74) is 3.21. The Hall–Kier alpha value is -2.66. The Morgan fingerprint density at radius 2 is 1.88 bits per heavy atom. The molecule has 1 aliphatic heterocycles. The molecular formula is C20H22N4O. The first-order valence-corrected chi connectivity index (χ1v) is 8.76. The molecule has 0 atom stereocenters. The van der Waals surface area contributed by atoms with Crippen molar-refractivity contribution in [2.45, 2.75) is 6.42 Å². The summed E-state index contributed by atoms with van der Waals surface area (Å²) in [5, 5.41) is 4.56. The Balaban J connectivity index is 1.56. The quantitative estimate of drug-likeness (QED) is 0.777. The number of hydrogen-bond donors (Lipinski definition) is 1. The SMILES string of the molecule is c1ccc(NCCc2cc3ncccc3c(N3CCOCC3)n2)cc1. The van der Waals surface area contributed by atoms with Gasteiger partial charge in [0.1, 0.15) is 5.82 Å². The third kappa shape index (κ3) is 3.72. The van der Waals surface area contributed by atoms with Crippen LogP contribution in [0.1, 0.15) is 5.69 Å². The van der Waals surface area contributed by atoms with Gasteiger partial charge in [0.05, 0.1) is 18.7 Å². The van der Waals surface area contributed by atoms with Gasteiger partial charge < -0.3 is 15.0 Å². The van der Waals surface area contributed by atoms with Crippen LogP contribution >= 0.6 is 0 Å². The smallest absolute Gasteiger partial charge is 0.138 e. The molecule has 1 aliphatic rings. The van der Waals surface area contributed by atoms with Crippen molar-refractivity contribution in [1.29, 1.82) is 0 Å². The zero-order valence-electron chi connectivity index (χ0n) is 14.2. The van der Waals surface area contributed by atoms with Crippen LogP contribution in [0.5, 0.6) is 0 Å². The molecule has 1 saturated heterocycles. The largest absolute Gasteiger partial charge is 0.385 e. The molecule has 25 heavy (non-hydrogen) atoms. The zero-order valence-corrected chi connectivity index (χ0v) is 14.2.